The van der Waals surface area contributed by atoms with E-state index in [-0.39, 0.29) is 16.0 Å². The lowest BCUT2D eigenvalue weighted by atomic mass is 9.84. The molecular weight excluding hydrogens is 609 g/mol. The molecule has 0 spiro atoms. The number of carbonyl (C=O) groups excluding carboxylic acids is 1. The third-order valence-electron chi connectivity index (χ3n) is 5.69. The van der Waals surface area contributed by atoms with E-state index in [0.29, 0.717) is 24.2 Å². The first-order chi connectivity index (χ1) is 16.0. The van der Waals surface area contributed by atoms with Crippen molar-refractivity contribution in [1.29, 1.82) is 0 Å². The van der Waals surface area contributed by atoms with Crippen LogP contribution in [0.1, 0.15) is 62.1 Å². The van der Waals surface area contributed by atoms with E-state index in [1.165, 1.54) is 11.3 Å². The number of rotatable bonds is 5. The van der Waals surface area contributed by atoms with E-state index in [1.54, 1.807) is 22.3 Å². The lowest BCUT2D eigenvalue weighted by Gasteiger charge is -2.27. The van der Waals surface area contributed by atoms with Crippen LogP contribution in [0.4, 0.5) is 10.5 Å². The highest BCUT2D eigenvalue weighted by Gasteiger charge is 2.38. The lowest BCUT2D eigenvalue weighted by Crippen LogP contribution is -2.36. The van der Waals surface area contributed by atoms with Gasteiger partial charge in [-0.1, -0.05) is 24.1 Å². The molecule has 1 amide bonds. The van der Waals surface area contributed by atoms with Gasteiger partial charge in [0, 0.05) is 27.2 Å². The predicted molar refractivity (Wildman–Crippen MR) is 146 cm³/mol. The number of aromatic nitrogens is 1. The molecule has 11 heteroatoms. The highest BCUT2D eigenvalue weighted by molar-refractivity contribution is 14.1. The summed E-state index contributed by atoms with van der Waals surface area (Å²) >= 11 is 11.7. The van der Waals surface area contributed by atoms with Gasteiger partial charge in [0.15, 0.2) is 0 Å². The maximum Gasteiger partial charge on any atom is 0.415 e. The topological polar surface area (TPSA) is 85.6 Å². The number of nitrogens with zero attached hydrogens (tertiary/aromatic N) is 3. The molecule has 1 aliphatic carbocycles. The molecule has 3 aromatic rings. The lowest BCUT2D eigenvalue weighted by molar-refractivity contribution is -0.529. The number of hydrogen-bond donors (Lipinski definition) is 0. The van der Waals surface area contributed by atoms with E-state index >= 15 is 0 Å². The van der Waals surface area contributed by atoms with Gasteiger partial charge in [0.05, 0.1) is 31.9 Å². The number of carbonyl (C=O) groups is 1. The molecule has 0 bridgehead atoms. The van der Waals surface area contributed by atoms with Crippen molar-refractivity contribution in [2.75, 3.05) is 4.90 Å². The second kappa shape index (κ2) is 10.2. The highest BCUT2D eigenvalue weighted by atomic mass is 127. The second-order valence-electron chi connectivity index (χ2n) is 9.31. The van der Waals surface area contributed by atoms with Crippen molar-refractivity contribution in [2.45, 2.75) is 70.6 Å². The fraction of sp³-hybridized carbons (Fsp3) is 0.478. The minimum Gasteiger partial charge on any atom is -0.443 e. The number of hydrogen-bond acceptors (Lipinski definition) is 7. The number of fused-ring (bicyclic) bond motifs is 1. The zero-order valence-electron chi connectivity index (χ0n) is 19.0. The third-order valence-corrected chi connectivity index (χ3v) is 9.54. The number of ether oxygens (including phenoxy) is 1. The Morgan fingerprint density at radius 3 is 2.76 bits per heavy atom. The highest BCUT2D eigenvalue weighted by Crippen LogP contribution is 2.46. The summed E-state index contributed by atoms with van der Waals surface area (Å²) in [5.74, 6) is -0.172. The first-order valence-electron chi connectivity index (χ1n) is 11.0. The Labute approximate surface area is 224 Å². The normalized spacial score (nSPS) is 18.7. The van der Waals surface area contributed by atoms with E-state index in [9.17, 15) is 14.9 Å². The van der Waals surface area contributed by atoms with Crippen LogP contribution in [0.15, 0.2) is 23.6 Å². The van der Waals surface area contributed by atoms with E-state index < -0.39 is 17.7 Å². The van der Waals surface area contributed by atoms with E-state index in [0.717, 1.165) is 37.3 Å². The van der Waals surface area contributed by atoms with Gasteiger partial charge >= 0.3 is 6.09 Å². The van der Waals surface area contributed by atoms with Crippen LogP contribution in [0.2, 0.25) is 5.15 Å². The van der Waals surface area contributed by atoms with Crippen LogP contribution in [0.3, 0.4) is 0 Å². The van der Waals surface area contributed by atoms with Gasteiger partial charge in [-0.15, -0.1) is 22.7 Å². The molecule has 182 valence electrons. The Hall–Kier alpha value is -1.50. The van der Waals surface area contributed by atoms with E-state index in [2.05, 4.69) is 27.6 Å². The molecule has 1 saturated carbocycles. The van der Waals surface area contributed by atoms with Crippen molar-refractivity contribution < 1.29 is 14.5 Å². The number of amides is 1. The zero-order valence-corrected chi connectivity index (χ0v) is 23.6. The van der Waals surface area contributed by atoms with E-state index in [1.807, 2.05) is 38.3 Å². The van der Waals surface area contributed by atoms with Crippen molar-refractivity contribution in [2.24, 2.45) is 0 Å². The van der Waals surface area contributed by atoms with Crippen LogP contribution in [0.5, 0.6) is 0 Å². The molecule has 3 aromatic heterocycles. The minimum absolute atomic E-state index is 0.143. The number of pyridine rings is 1. The minimum atomic E-state index is -0.670. The number of anilines is 1. The van der Waals surface area contributed by atoms with Gasteiger partial charge < -0.3 is 4.74 Å². The first kappa shape index (κ1) is 25.6. The summed E-state index contributed by atoms with van der Waals surface area (Å²) in [7, 11) is 0. The Bertz CT molecular complexity index is 1210. The predicted octanol–water partition coefficient (Wildman–Crippen LogP) is 7.86. The smallest absolute Gasteiger partial charge is 0.415 e. The van der Waals surface area contributed by atoms with Gasteiger partial charge in [-0.25, -0.2) is 9.78 Å². The fourth-order valence-corrected chi connectivity index (χ4v) is 7.78. The van der Waals surface area contributed by atoms with E-state index in [4.69, 9.17) is 16.3 Å². The molecule has 0 aliphatic heterocycles. The van der Waals surface area contributed by atoms with Gasteiger partial charge in [-0.3, -0.25) is 15.0 Å². The van der Waals surface area contributed by atoms with Gasteiger partial charge in [0.2, 0.25) is 6.04 Å². The maximum atomic E-state index is 13.3. The average molecular weight is 634 g/mol. The maximum absolute atomic E-state index is 13.3. The van der Waals surface area contributed by atoms with Crippen molar-refractivity contribution >= 4 is 78.9 Å². The molecule has 0 unspecified atom stereocenters. The molecule has 4 rings (SSSR count). The van der Waals surface area contributed by atoms with Gasteiger partial charge in [-0.05, 0) is 67.7 Å². The largest absolute Gasteiger partial charge is 0.443 e. The van der Waals surface area contributed by atoms with Crippen molar-refractivity contribution in [3.63, 3.8) is 0 Å². The number of halogens is 2. The number of nitro groups is 1. The summed E-state index contributed by atoms with van der Waals surface area (Å²) in [4.78, 5) is 33.1. The molecule has 34 heavy (non-hydrogen) atoms. The van der Waals surface area contributed by atoms with Crippen LogP contribution in [0.25, 0.3) is 10.2 Å². The molecule has 2 atom stereocenters. The summed E-state index contributed by atoms with van der Waals surface area (Å²) in [6, 6.07) is 4.98. The molecule has 0 aromatic carbocycles. The Kier molecular flexibility index (Phi) is 7.70. The average Bonchev–Trinajstić information content (AvgIpc) is 3.38. The second-order valence-corrected chi connectivity index (χ2v) is 12.9. The van der Waals surface area contributed by atoms with Crippen LogP contribution >= 0.6 is 56.9 Å². The fourth-order valence-electron chi connectivity index (χ4n) is 4.24. The summed E-state index contributed by atoms with van der Waals surface area (Å²) in [6.07, 6.45) is 2.69. The van der Waals surface area contributed by atoms with Crippen LogP contribution in [0, 0.1) is 13.7 Å². The van der Waals surface area contributed by atoms with Gasteiger partial charge in [0.1, 0.15) is 10.8 Å². The Balaban J connectivity index is 1.85. The number of thiophene rings is 2. The van der Waals surface area contributed by atoms with Crippen LogP contribution < -0.4 is 4.90 Å². The third kappa shape index (κ3) is 5.50. The molecular formula is C23H25ClIN3O4S2. The van der Waals surface area contributed by atoms with Gasteiger partial charge in [-0.2, -0.15) is 0 Å². The summed E-state index contributed by atoms with van der Waals surface area (Å²) in [5.41, 5.74) is 0.618. The Morgan fingerprint density at radius 1 is 1.38 bits per heavy atom. The molecule has 7 nitrogen and oxygen atoms in total. The zero-order chi connectivity index (χ0) is 24.6. The quantitative estimate of drug-likeness (QED) is 0.124. The van der Waals surface area contributed by atoms with Crippen LogP contribution in [-0.2, 0) is 11.3 Å². The van der Waals surface area contributed by atoms with Crippen LogP contribution in [-0.4, -0.2) is 27.6 Å². The molecule has 0 radical (unpaired) electrons. The summed E-state index contributed by atoms with van der Waals surface area (Å²) in [5, 5.41) is 14.0. The molecule has 3 heterocycles. The van der Waals surface area contributed by atoms with Crippen molar-refractivity contribution in [3.8, 4) is 0 Å². The first-order valence-corrected chi connectivity index (χ1v) is 14.2. The molecule has 1 fully saturated rings. The molecule has 0 N–H and O–H groups in total. The summed E-state index contributed by atoms with van der Waals surface area (Å²) in [6.45, 7) is 5.82. The molecule has 0 saturated heterocycles. The molecule has 1 aliphatic rings. The summed E-state index contributed by atoms with van der Waals surface area (Å²) < 4.78 is 7.40. The van der Waals surface area contributed by atoms with Crippen molar-refractivity contribution in [1.82, 2.24) is 4.98 Å². The van der Waals surface area contributed by atoms with Gasteiger partial charge in [0.25, 0.3) is 0 Å². The standard InChI is InChI=1S/C23H25ClIN3O4S2/c1-23(2,3)32-22(29)27(12-13-7-6-10-33-13)16-11-17(24)26-19-18(25)20(34-21(16)19)14-8-4-5-9-15(14)28(30)31/h6-7,10-11,14-15H,4-5,8-9,12H2,1-3H3/t14-,15+/m0/s1. The Morgan fingerprint density at radius 2 is 2.12 bits per heavy atom. The van der Waals surface area contributed by atoms with Crippen molar-refractivity contribution in [3.05, 3.63) is 52.2 Å². The monoisotopic (exact) mass is 633 g/mol. The SMILES string of the molecule is CC(C)(C)OC(=O)N(Cc1cccs1)c1cc(Cl)nc2c(I)c([C@H]3CCCC[C@H]3[N+](=O)[O-])sc12.